The molecule has 1 aromatic heterocycles. The van der Waals surface area contributed by atoms with Crippen LogP contribution in [-0.4, -0.2) is 16.1 Å². The van der Waals surface area contributed by atoms with Crippen LogP contribution in [0.3, 0.4) is 0 Å². The molecule has 102 valence electrons. The number of aryl methyl sites for hydroxylation is 1. The van der Waals surface area contributed by atoms with Gasteiger partial charge in [-0.25, -0.2) is 9.37 Å². The number of halogens is 2. The number of nitrogens with zero attached hydrogens (tertiary/aromatic N) is 2. The van der Waals surface area contributed by atoms with Crippen molar-refractivity contribution in [1.82, 2.24) is 14.9 Å². The Balaban J connectivity index is 2.23. The fourth-order valence-corrected chi connectivity index (χ4v) is 2.26. The molecule has 0 aliphatic heterocycles. The lowest BCUT2D eigenvalue weighted by atomic mass is 10.0. The van der Waals surface area contributed by atoms with E-state index < -0.39 is 0 Å². The Morgan fingerprint density at radius 1 is 1.47 bits per heavy atom. The van der Waals surface area contributed by atoms with Gasteiger partial charge >= 0.3 is 0 Å². The number of nitrogens with one attached hydrogen (secondary N) is 1. The van der Waals surface area contributed by atoms with E-state index in [0.717, 1.165) is 17.8 Å². The van der Waals surface area contributed by atoms with Gasteiger partial charge in [0.15, 0.2) is 0 Å². The maximum Gasteiger partial charge on any atom is 0.123 e. The summed E-state index contributed by atoms with van der Waals surface area (Å²) in [6.45, 7) is 2.84. The molecule has 0 radical (unpaired) electrons. The third-order valence-corrected chi connectivity index (χ3v) is 3.33. The molecular formula is C14H17ClFN3. The molecule has 3 nitrogen and oxygen atoms in total. The van der Waals surface area contributed by atoms with E-state index >= 15 is 0 Å². The number of imidazole rings is 1. The molecule has 0 saturated heterocycles. The maximum absolute atomic E-state index is 13.3. The van der Waals surface area contributed by atoms with E-state index in [0.29, 0.717) is 11.4 Å². The molecule has 0 aliphatic carbocycles. The second-order valence-electron chi connectivity index (χ2n) is 4.51. The first-order chi connectivity index (χ1) is 9.10. The van der Waals surface area contributed by atoms with Gasteiger partial charge in [0.2, 0.25) is 0 Å². The van der Waals surface area contributed by atoms with Gasteiger partial charge in [-0.3, -0.25) is 0 Å². The highest BCUT2D eigenvalue weighted by atomic mass is 35.5. The average molecular weight is 282 g/mol. The summed E-state index contributed by atoms with van der Waals surface area (Å²) in [4.78, 5) is 4.35. The molecule has 2 rings (SSSR count). The lowest BCUT2D eigenvalue weighted by Gasteiger charge is -2.16. The maximum atomic E-state index is 13.3. The van der Waals surface area contributed by atoms with Crippen molar-refractivity contribution in [2.75, 3.05) is 6.54 Å². The Morgan fingerprint density at radius 3 is 2.89 bits per heavy atom. The SMILES string of the molecule is CCNC(Cc1cc(F)ccc1Cl)c1cn(C)cn1. The molecule has 1 atom stereocenters. The van der Waals surface area contributed by atoms with Crippen molar-refractivity contribution >= 4 is 11.6 Å². The third kappa shape index (κ3) is 3.55. The number of hydrogen-bond donors (Lipinski definition) is 1. The summed E-state index contributed by atoms with van der Waals surface area (Å²) >= 11 is 6.11. The third-order valence-electron chi connectivity index (χ3n) is 2.96. The summed E-state index contributed by atoms with van der Waals surface area (Å²) in [6.07, 6.45) is 4.33. The van der Waals surface area contributed by atoms with Gasteiger partial charge in [-0.05, 0) is 36.7 Å². The van der Waals surface area contributed by atoms with Crippen molar-refractivity contribution < 1.29 is 4.39 Å². The van der Waals surface area contributed by atoms with Crippen molar-refractivity contribution in [2.24, 2.45) is 7.05 Å². The molecule has 0 aliphatic rings. The number of likely N-dealkylation sites (N-methyl/N-ethyl adjacent to an activating group) is 1. The van der Waals surface area contributed by atoms with E-state index in [2.05, 4.69) is 10.3 Å². The summed E-state index contributed by atoms with van der Waals surface area (Å²) in [5.41, 5.74) is 1.72. The van der Waals surface area contributed by atoms with Crippen molar-refractivity contribution in [1.29, 1.82) is 0 Å². The van der Waals surface area contributed by atoms with Crippen LogP contribution in [0.15, 0.2) is 30.7 Å². The van der Waals surface area contributed by atoms with Crippen LogP contribution in [-0.2, 0) is 13.5 Å². The van der Waals surface area contributed by atoms with Gasteiger partial charge in [-0.15, -0.1) is 0 Å². The van der Waals surface area contributed by atoms with Crippen molar-refractivity contribution in [3.05, 3.63) is 52.8 Å². The molecule has 19 heavy (non-hydrogen) atoms. The molecule has 2 aromatic rings. The highest BCUT2D eigenvalue weighted by Crippen LogP contribution is 2.23. The highest BCUT2D eigenvalue weighted by Gasteiger charge is 2.15. The van der Waals surface area contributed by atoms with Crippen LogP contribution in [0.4, 0.5) is 4.39 Å². The van der Waals surface area contributed by atoms with Crippen LogP contribution in [0, 0.1) is 5.82 Å². The molecule has 0 spiro atoms. The molecule has 1 N–H and O–H groups in total. The predicted octanol–water partition coefficient (Wildman–Crippen LogP) is 3.11. The standard InChI is InChI=1S/C14H17ClFN3/c1-3-17-13(14-8-19(2)9-18-14)7-10-6-11(16)4-5-12(10)15/h4-6,8-9,13,17H,3,7H2,1-2H3. The van der Waals surface area contributed by atoms with E-state index in [1.807, 2.05) is 24.7 Å². The minimum Gasteiger partial charge on any atom is -0.340 e. The summed E-state index contributed by atoms with van der Waals surface area (Å²) in [7, 11) is 1.93. The predicted molar refractivity (Wildman–Crippen MR) is 74.7 cm³/mol. The Morgan fingerprint density at radius 2 is 2.26 bits per heavy atom. The molecule has 5 heteroatoms. The van der Waals surface area contributed by atoms with E-state index in [1.165, 1.54) is 12.1 Å². The summed E-state index contributed by atoms with van der Waals surface area (Å²) in [5, 5.41) is 3.93. The van der Waals surface area contributed by atoms with Gasteiger partial charge in [0, 0.05) is 18.3 Å². The molecule has 1 unspecified atom stereocenters. The van der Waals surface area contributed by atoms with Gasteiger partial charge < -0.3 is 9.88 Å². The van der Waals surface area contributed by atoms with Crippen LogP contribution in [0.1, 0.15) is 24.2 Å². The molecule has 0 saturated carbocycles. The average Bonchev–Trinajstić information content (AvgIpc) is 2.80. The largest absolute Gasteiger partial charge is 0.340 e. The van der Waals surface area contributed by atoms with E-state index in [-0.39, 0.29) is 11.9 Å². The molecular weight excluding hydrogens is 265 g/mol. The minimum atomic E-state index is -0.268. The topological polar surface area (TPSA) is 29.9 Å². The van der Waals surface area contributed by atoms with Gasteiger partial charge in [0.1, 0.15) is 5.82 Å². The zero-order valence-electron chi connectivity index (χ0n) is 11.0. The van der Waals surface area contributed by atoms with E-state index in [1.54, 1.807) is 12.4 Å². The second-order valence-corrected chi connectivity index (χ2v) is 4.92. The van der Waals surface area contributed by atoms with Crippen molar-refractivity contribution in [2.45, 2.75) is 19.4 Å². The number of aromatic nitrogens is 2. The van der Waals surface area contributed by atoms with Gasteiger partial charge in [-0.2, -0.15) is 0 Å². The summed E-state index contributed by atoms with van der Waals surface area (Å²) < 4.78 is 15.2. The Labute approximate surface area is 117 Å². The molecule has 0 bridgehead atoms. The lowest BCUT2D eigenvalue weighted by molar-refractivity contribution is 0.536. The summed E-state index contributed by atoms with van der Waals surface area (Å²) in [6, 6.07) is 4.48. The first-order valence-electron chi connectivity index (χ1n) is 6.25. The Bertz CT molecular complexity index is 553. The van der Waals surface area contributed by atoms with Crippen LogP contribution >= 0.6 is 11.6 Å². The van der Waals surface area contributed by atoms with Crippen LogP contribution < -0.4 is 5.32 Å². The van der Waals surface area contributed by atoms with Crippen LogP contribution in [0.2, 0.25) is 5.02 Å². The fourth-order valence-electron chi connectivity index (χ4n) is 2.06. The molecule has 0 amide bonds. The first kappa shape index (κ1) is 14.0. The highest BCUT2D eigenvalue weighted by molar-refractivity contribution is 6.31. The number of hydrogen-bond acceptors (Lipinski definition) is 2. The second kappa shape index (κ2) is 6.17. The molecule has 1 heterocycles. The monoisotopic (exact) mass is 281 g/mol. The van der Waals surface area contributed by atoms with Crippen molar-refractivity contribution in [3.63, 3.8) is 0 Å². The van der Waals surface area contributed by atoms with Crippen LogP contribution in [0.5, 0.6) is 0 Å². The van der Waals surface area contributed by atoms with Crippen LogP contribution in [0.25, 0.3) is 0 Å². The molecule has 1 aromatic carbocycles. The number of rotatable bonds is 5. The molecule has 0 fully saturated rings. The summed E-state index contributed by atoms with van der Waals surface area (Å²) in [5.74, 6) is -0.268. The normalized spacial score (nSPS) is 12.6. The zero-order valence-corrected chi connectivity index (χ0v) is 11.8. The van der Waals surface area contributed by atoms with Gasteiger partial charge in [-0.1, -0.05) is 18.5 Å². The lowest BCUT2D eigenvalue weighted by Crippen LogP contribution is -2.23. The van der Waals surface area contributed by atoms with E-state index in [9.17, 15) is 4.39 Å². The van der Waals surface area contributed by atoms with Gasteiger partial charge in [0.25, 0.3) is 0 Å². The minimum absolute atomic E-state index is 0.0329. The Kier molecular flexibility index (Phi) is 4.56. The zero-order chi connectivity index (χ0) is 13.8. The first-order valence-corrected chi connectivity index (χ1v) is 6.63. The van der Waals surface area contributed by atoms with E-state index in [4.69, 9.17) is 11.6 Å². The van der Waals surface area contributed by atoms with Crippen molar-refractivity contribution in [3.8, 4) is 0 Å². The smallest absolute Gasteiger partial charge is 0.123 e. The Hall–Kier alpha value is -1.39. The number of benzene rings is 1. The van der Waals surface area contributed by atoms with Gasteiger partial charge in [0.05, 0.1) is 18.1 Å². The fraction of sp³-hybridized carbons (Fsp3) is 0.357. The quantitative estimate of drug-likeness (QED) is 0.913.